The van der Waals surface area contributed by atoms with Gasteiger partial charge in [-0.25, -0.2) is 0 Å². The number of aryl methyl sites for hydroxylation is 1. The van der Waals surface area contributed by atoms with E-state index in [1.165, 1.54) is 51.4 Å². The second-order valence-corrected chi connectivity index (χ2v) is 8.26. The van der Waals surface area contributed by atoms with Crippen LogP contribution in [0.3, 0.4) is 0 Å². The molecule has 0 heterocycles. The molecule has 0 spiro atoms. The molecule has 0 unspecified atom stereocenters. The fourth-order valence-electron chi connectivity index (χ4n) is 2.72. The van der Waals surface area contributed by atoms with Gasteiger partial charge in [0.25, 0.3) is 10.1 Å². The summed E-state index contributed by atoms with van der Waals surface area (Å²) in [4.78, 5) is 0. The minimum atomic E-state index is -3.39. The first-order valence-corrected chi connectivity index (χ1v) is 11.1. The van der Waals surface area contributed by atoms with Crippen LogP contribution in [0.4, 0.5) is 0 Å². The predicted molar refractivity (Wildman–Crippen MR) is 102 cm³/mol. The number of hydrogen-bond acceptors (Lipinski definition) is 3. The van der Waals surface area contributed by atoms with Crippen molar-refractivity contribution in [3.05, 3.63) is 35.9 Å². The van der Waals surface area contributed by atoms with Crippen molar-refractivity contribution in [3.8, 4) is 0 Å². The summed E-state index contributed by atoms with van der Waals surface area (Å²) < 4.78 is 28.8. The third-order valence-corrected chi connectivity index (χ3v) is 5.47. The van der Waals surface area contributed by atoms with Crippen molar-refractivity contribution in [3.63, 3.8) is 0 Å². The van der Waals surface area contributed by atoms with E-state index in [4.69, 9.17) is 4.18 Å². The summed E-state index contributed by atoms with van der Waals surface area (Å²) in [5.74, 6) is 0.0643. The van der Waals surface area contributed by atoms with Gasteiger partial charge in [0.05, 0.1) is 12.4 Å². The van der Waals surface area contributed by atoms with Gasteiger partial charge in [0.2, 0.25) is 0 Å². The van der Waals surface area contributed by atoms with Gasteiger partial charge in [0.15, 0.2) is 0 Å². The van der Waals surface area contributed by atoms with Gasteiger partial charge in [-0.3, -0.25) is 4.18 Å². The van der Waals surface area contributed by atoms with Crippen LogP contribution in [-0.4, -0.2) is 20.8 Å². The summed E-state index contributed by atoms with van der Waals surface area (Å²) in [6.45, 7) is 2.57. The first kappa shape index (κ1) is 21.2. The molecule has 3 nitrogen and oxygen atoms in total. The first-order chi connectivity index (χ1) is 11.6. The minimum Gasteiger partial charge on any atom is -0.270 e. The van der Waals surface area contributed by atoms with Crippen LogP contribution in [0.15, 0.2) is 30.3 Å². The Morgan fingerprint density at radius 2 is 1.33 bits per heavy atom. The van der Waals surface area contributed by atoms with Crippen molar-refractivity contribution in [1.29, 1.82) is 0 Å². The zero-order chi connectivity index (χ0) is 17.5. The summed E-state index contributed by atoms with van der Waals surface area (Å²) in [6, 6.07) is 9.66. The molecular formula is C20H34O3S. The van der Waals surface area contributed by atoms with Gasteiger partial charge in [0, 0.05) is 0 Å². The summed E-state index contributed by atoms with van der Waals surface area (Å²) >= 11 is 0. The summed E-state index contributed by atoms with van der Waals surface area (Å²) in [5.41, 5.74) is 1.03. The van der Waals surface area contributed by atoms with Gasteiger partial charge in [-0.1, -0.05) is 95.0 Å². The Morgan fingerprint density at radius 1 is 0.792 bits per heavy atom. The smallest absolute Gasteiger partial charge is 0.267 e. The van der Waals surface area contributed by atoms with Crippen molar-refractivity contribution in [1.82, 2.24) is 0 Å². The molecule has 0 aliphatic rings. The van der Waals surface area contributed by atoms with Crippen LogP contribution < -0.4 is 0 Å². The third-order valence-electron chi connectivity index (χ3n) is 4.24. The molecule has 0 bridgehead atoms. The zero-order valence-electron chi connectivity index (χ0n) is 15.2. The largest absolute Gasteiger partial charge is 0.270 e. The van der Waals surface area contributed by atoms with Gasteiger partial charge in [-0.05, 0) is 18.4 Å². The van der Waals surface area contributed by atoms with Crippen LogP contribution in [0.25, 0.3) is 0 Å². The Labute approximate surface area is 148 Å². The molecule has 0 atom stereocenters. The van der Waals surface area contributed by atoms with Gasteiger partial charge < -0.3 is 0 Å². The van der Waals surface area contributed by atoms with E-state index in [0.717, 1.165) is 18.4 Å². The predicted octanol–water partition coefficient (Wildman–Crippen LogP) is 5.50. The average molecular weight is 355 g/mol. The SMILES string of the molecule is CCCCCCCCCCCCOS(=O)(=O)CCc1ccccc1. The highest BCUT2D eigenvalue weighted by Crippen LogP contribution is 2.11. The summed E-state index contributed by atoms with van der Waals surface area (Å²) in [5, 5.41) is 0. The van der Waals surface area contributed by atoms with Crippen LogP contribution in [0.1, 0.15) is 76.7 Å². The molecule has 1 rings (SSSR count). The van der Waals surface area contributed by atoms with Gasteiger partial charge in [0.1, 0.15) is 0 Å². The second kappa shape index (κ2) is 13.4. The van der Waals surface area contributed by atoms with Crippen LogP contribution >= 0.6 is 0 Å². The second-order valence-electron chi connectivity index (χ2n) is 6.50. The number of hydrogen-bond donors (Lipinski definition) is 0. The number of rotatable bonds is 15. The molecule has 1 aromatic rings. The van der Waals surface area contributed by atoms with Crippen LogP contribution in [0.5, 0.6) is 0 Å². The molecule has 0 aliphatic carbocycles. The lowest BCUT2D eigenvalue weighted by atomic mass is 10.1. The Balaban J connectivity index is 1.96. The van der Waals surface area contributed by atoms with Crippen LogP contribution in [0, 0.1) is 0 Å². The van der Waals surface area contributed by atoms with E-state index in [1.807, 2.05) is 30.3 Å². The zero-order valence-corrected chi connectivity index (χ0v) is 16.0. The Bertz CT molecular complexity index is 497. The highest BCUT2D eigenvalue weighted by atomic mass is 32.2. The molecule has 0 amide bonds. The highest BCUT2D eigenvalue weighted by Gasteiger charge is 2.11. The maximum absolute atomic E-state index is 11.8. The van der Waals surface area contributed by atoms with E-state index in [9.17, 15) is 8.42 Å². The minimum absolute atomic E-state index is 0.0643. The first-order valence-electron chi connectivity index (χ1n) is 9.55. The fourth-order valence-corrected chi connectivity index (χ4v) is 3.70. The van der Waals surface area contributed by atoms with Crippen LogP contribution in [0.2, 0.25) is 0 Å². The Kier molecular flexibility index (Phi) is 11.8. The van der Waals surface area contributed by atoms with Crippen molar-refractivity contribution < 1.29 is 12.6 Å². The maximum Gasteiger partial charge on any atom is 0.267 e. The molecule has 0 saturated carbocycles. The van der Waals surface area contributed by atoms with E-state index >= 15 is 0 Å². The molecule has 0 aliphatic heterocycles. The average Bonchev–Trinajstić information content (AvgIpc) is 2.59. The van der Waals surface area contributed by atoms with E-state index in [1.54, 1.807) is 0 Å². The number of unbranched alkanes of at least 4 members (excludes halogenated alkanes) is 9. The standard InChI is InChI=1S/C20H34O3S/c1-2-3-4-5-6-7-8-9-10-14-18-23-24(21,22)19-17-20-15-12-11-13-16-20/h11-13,15-16H,2-10,14,17-19H2,1H3. The molecule has 1 aromatic carbocycles. The molecule has 24 heavy (non-hydrogen) atoms. The van der Waals surface area contributed by atoms with E-state index in [-0.39, 0.29) is 5.75 Å². The molecule has 0 fully saturated rings. The molecule has 0 aromatic heterocycles. The molecule has 138 valence electrons. The number of benzene rings is 1. The summed E-state index contributed by atoms with van der Waals surface area (Å²) in [6.07, 6.45) is 12.9. The van der Waals surface area contributed by atoms with E-state index in [2.05, 4.69) is 6.92 Å². The quantitative estimate of drug-likeness (QED) is 0.309. The van der Waals surface area contributed by atoms with Gasteiger partial charge >= 0.3 is 0 Å². The van der Waals surface area contributed by atoms with Gasteiger partial charge in [-0.15, -0.1) is 0 Å². The fraction of sp³-hybridized carbons (Fsp3) is 0.700. The molecule has 0 N–H and O–H groups in total. The molecule has 4 heteroatoms. The maximum atomic E-state index is 11.8. The summed E-state index contributed by atoms with van der Waals surface area (Å²) in [7, 11) is -3.39. The molecular weight excluding hydrogens is 320 g/mol. The molecule has 0 saturated heterocycles. The van der Waals surface area contributed by atoms with E-state index in [0.29, 0.717) is 13.0 Å². The topological polar surface area (TPSA) is 43.4 Å². The van der Waals surface area contributed by atoms with Crippen LogP contribution in [-0.2, 0) is 20.7 Å². The normalized spacial score (nSPS) is 11.7. The van der Waals surface area contributed by atoms with Crippen molar-refractivity contribution in [2.45, 2.75) is 77.6 Å². The van der Waals surface area contributed by atoms with Crippen molar-refractivity contribution >= 4 is 10.1 Å². The Morgan fingerprint density at radius 3 is 1.92 bits per heavy atom. The van der Waals surface area contributed by atoms with Crippen molar-refractivity contribution in [2.24, 2.45) is 0 Å². The lowest BCUT2D eigenvalue weighted by Gasteiger charge is -2.06. The Hall–Kier alpha value is -0.870. The lowest BCUT2D eigenvalue weighted by molar-refractivity contribution is 0.306. The highest BCUT2D eigenvalue weighted by molar-refractivity contribution is 7.86. The molecule has 0 radical (unpaired) electrons. The van der Waals surface area contributed by atoms with E-state index < -0.39 is 10.1 Å². The monoisotopic (exact) mass is 354 g/mol. The van der Waals surface area contributed by atoms with Crippen molar-refractivity contribution in [2.75, 3.05) is 12.4 Å². The third kappa shape index (κ3) is 11.6. The van der Waals surface area contributed by atoms with Gasteiger partial charge in [-0.2, -0.15) is 8.42 Å². The lowest BCUT2D eigenvalue weighted by Crippen LogP contribution is -2.13.